The van der Waals surface area contributed by atoms with Gasteiger partial charge in [0.1, 0.15) is 5.69 Å². The van der Waals surface area contributed by atoms with Gasteiger partial charge >= 0.3 is 11.9 Å². The lowest BCUT2D eigenvalue weighted by atomic mass is 10.1. The van der Waals surface area contributed by atoms with Gasteiger partial charge in [0.2, 0.25) is 6.10 Å². The maximum absolute atomic E-state index is 11.6. The predicted molar refractivity (Wildman–Crippen MR) is 57.5 cm³/mol. The van der Waals surface area contributed by atoms with Crippen molar-refractivity contribution >= 4 is 11.9 Å². The second-order valence-corrected chi connectivity index (χ2v) is 3.44. The summed E-state index contributed by atoms with van der Waals surface area (Å²) in [6.45, 7) is 0. The zero-order valence-corrected chi connectivity index (χ0v) is 10.1. The Kier molecular flexibility index (Phi) is 3.05. The van der Waals surface area contributed by atoms with Gasteiger partial charge in [-0.2, -0.15) is 0 Å². The van der Waals surface area contributed by atoms with Crippen LogP contribution >= 0.6 is 0 Å². The lowest BCUT2D eigenvalue weighted by Crippen LogP contribution is -2.15. The fourth-order valence-corrected chi connectivity index (χ4v) is 1.64. The maximum atomic E-state index is 11.6. The topological polar surface area (TPSA) is 84.0 Å². The smallest absolute Gasteiger partial charge is 0.353 e. The average molecular weight is 253 g/mol. The number of nitrogens with zero attached hydrogens (tertiary/aromatic N) is 1. The number of pyridine rings is 1. The van der Waals surface area contributed by atoms with Gasteiger partial charge in [0.25, 0.3) is 5.88 Å². The van der Waals surface area contributed by atoms with Gasteiger partial charge in [0, 0.05) is 6.07 Å². The van der Waals surface area contributed by atoms with E-state index in [2.05, 4.69) is 9.72 Å². The van der Waals surface area contributed by atoms with Crippen LogP contribution in [0.3, 0.4) is 0 Å². The molecule has 1 aliphatic heterocycles. The normalized spacial score (nSPS) is 16.8. The summed E-state index contributed by atoms with van der Waals surface area (Å²) in [5, 5.41) is 0. The first-order valence-electron chi connectivity index (χ1n) is 5.04. The first-order valence-corrected chi connectivity index (χ1v) is 5.04. The van der Waals surface area contributed by atoms with Crippen LogP contribution in [0.25, 0.3) is 0 Å². The number of fused-ring (bicyclic) bond motifs is 1. The quantitative estimate of drug-likeness (QED) is 0.724. The highest BCUT2D eigenvalue weighted by Crippen LogP contribution is 2.36. The number of carbonyl (C=O) groups is 2. The minimum Gasteiger partial charge on any atom is -0.491 e. The van der Waals surface area contributed by atoms with Gasteiger partial charge in [-0.3, -0.25) is 0 Å². The molecule has 0 N–H and O–H groups in total. The Hall–Kier alpha value is -2.31. The van der Waals surface area contributed by atoms with Crippen molar-refractivity contribution in [1.29, 1.82) is 0 Å². The number of methoxy groups -OCH3 is 3. The van der Waals surface area contributed by atoms with Crippen molar-refractivity contribution in [3.63, 3.8) is 0 Å². The van der Waals surface area contributed by atoms with E-state index < -0.39 is 18.0 Å². The molecule has 1 aromatic heterocycles. The van der Waals surface area contributed by atoms with Gasteiger partial charge in [-0.05, 0) is 0 Å². The molecule has 2 rings (SSSR count). The number of hydrogen-bond acceptors (Lipinski definition) is 7. The summed E-state index contributed by atoms with van der Waals surface area (Å²) in [5.41, 5.74) is 0.340. The molecule has 0 bridgehead atoms. The van der Waals surface area contributed by atoms with E-state index in [0.29, 0.717) is 5.75 Å². The SMILES string of the molecule is COC(=O)C1OC(=O)c2cc(OC)c(OC)nc21. The third-order valence-corrected chi connectivity index (χ3v) is 2.51. The van der Waals surface area contributed by atoms with Crippen LogP contribution in [-0.4, -0.2) is 38.3 Å². The van der Waals surface area contributed by atoms with Crippen LogP contribution in [0.2, 0.25) is 0 Å². The lowest BCUT2D eigenvalue weighted by Gasteiger charge is -2.09. The minimum atomic E-state index is -1.16. The highest BCUT2D eigenvalue weighted by atomic mass is 16.6. The number of hydrogen-bond donors (Lipinski definition) is 0. The predicted octanol–water partition coefficient (Wildman–Crippen LogP) is 0.483. The number of cyclic esters (lactones) is 1. The van der Waals surface area contributed by atoms with Crippen LogP contribution in [0.15, 0.2) is 6.07 Å². The fraction of sp³-hybridized carbons (Fsp3) is 0.364. The van der Waals surface area contributed by atoms with E-state index in [-0.39, 0.29) is 17.1 Å². The Balaban J connectivity index is 2.53. The summed E-state index contributed by atoms with van der Waals surface area (Å²) in [6, 6.07) is 1.42. The molecule has 96 valence electrons. The van der Waals surface area contributed by atoms with Gasteiger partial charge < -0.3 is 18.9 Å². The van der Waals surface area contributed by atoms with E-state index in [4.69, 9.17) is 14.2 Å². The molecule has 0 saturated heterocycles. The molecule has 1 aliphatic rings. The molecule has 1 aromatic rings. The highest BCUT2D eigenvalue weighted by molar-refractivity contribution is 5.98. The maximum Gasteiger partial charge on any atom is 0.353 e. The number of esters is 2. The molecule has 1 unspecified atom stereocenters. The Morgan fingerprint density at radius 1 is 1.33 bits per heavy atom. The molecule has 18 heavy (non-hydrogen) atoms. The van der Waals surface area contributed by atoms with Gasteiger partial charge in [0.15, 0.2) is 5.75 Å². The summed E-state index contributed by atoms with van der Waals surface area (Å²) in [5.74, 6) is -0.877. The Bertz CT molecular complexity index is 513. The molecular weight excluding hydrogens is 242 g/mol. The standard InChI is InChI=1S/C11H11NO6/c1-15-6-4-5-7(12-9(6)16-2)8(11(14)17-3)18-10(5)13/h4,8H,1-3H3. The van der Waals surface area contributed by atoms with Crippen molar-refractivity contribution in [3.8, 4) is 11.6 Å². The summed E-state index contributed by atoms with van der Waals surface area (Å²) in [4.78, 5) is 27.1. The van der Waals surface area contributed by atoms with Crippen LogP contribution in [0, 0.1) is 0 Å². The molecule has 7 nitrogen and oxygen atoms in total. The summed E-state index contributed by atoms with van der Waals surface area (Å²) in [7, 11) is 4.03. The zero-order valence-electron chi connectivity index (χ0n) is 10.1. The van der Waals surface area contributed by atoms with Crippen LogP contribution in [-0.2, 0) is 14.3 Å². The minimum absolute atomic E-state index is 0.169. The molecule has 0 aliphatic carbocycles. The molecule has 1 atom stereocenters. The number of carbonyl (C=O) groups excluding carboxylic acids is 2. The zero-order chi connectivity index (χ0) is 13.3. The molecule has 0 fully saturated rings. The van der Waals surface area contributed by atoms with Crippen LogP contribution in [0.5, 0.6) is 11.6 Å². The van der Waals surface area contributed by atoms with Gasteiger partial charge in [-0.1, -0.05) is 0 Å². The van der Waals surface area contributed by atoms with E-state index >= 15 is 0 Å². The summed E-state index contributed by atoms with van der Waals surface area (Å²) < 4.78 is 19.5. The van der Waals surface area contributed by atoms with Gasteiger partial charge in [-0.15, -0.1) is 0 Å². The molecule has 0 radical (unpaired) electrons. The van der Waals surface area contributed by atoms with E-state index in [1.807, 2.05) is 0 Å². The summed E-state index contributed by atoms with van der Waals surface area (Å²) in [6.07, 6.45) is -1.16. The van der Waals surface area contributed by atoms with Crippen LogP contribution in [0.1, 0.15) is 22.2 Å². The molecule has 0 aromatic carbocycles. The van der Waals surface area contributed by atoms with E-state index in [0.717, 1.165) is 0 Å². The highest BCUT2D eigenvalue weighted by Gasteiger charge is 2.40. The molecule has 2 heterocycles. The van der Waals surface area contributed by atoms with Crippen molar-refractivity contribution in [2.45, 2.75) is 6.10 Å². The molecule has 7 heteroatoms. The third kappa shape index (κ3) is 1.73. The van der Waals surface area contributed by atoms with Crippen molar-refractivity contribution in [2.75, 3.05) is 21.3 Å². The Morgan fingerprint density at radius 2 is 2.06 bits per heavy atom. The van der Waals surface area contributed by atoms with Crippen LogP contribution in [0.4, 0.5) is 0 Å². The molecule has 0 amide bonds. The van der Waals surface area contributed by atoms with Crippen molar-refractivity contribution < 1.29 is 28.5 Å². The number of rotatable bonds is 3. The number of ether oxygens (including phenoxy) is 4. The third-order valence-electron chi connectivity index (χ3n) is 2.51. The summed E-state index contributed by atoms with van der Waals surface area (Å²) >= 11 is 0. The monoisotopic (exact) mass is 253 g/mol. The fourth-order valence-electron chi connectivity index (χ4n) is 1.64. The second kappa shape index (κ2) is 4.52. The van der Waals surface area contributed by atoms with Gasteiger partial charge in [0.05, 0.1) is 26.9 Å². The largest absolute Gasteiger partial charge is 0.491 e. The Morgan fingerprint density at radius 3 is 2.61 bits per heavy atom. The van der Waals surface area contributed by atoms with E-state index in [1.54, 1.807) is 0 Å². The van der Waals surface area contributed by atoms with E-state index in [1.165, 1.54) is 27.4 Å². The molecule has 0 spiro atoms. The Labute approximate surface area is 103 Å². The molecular formula is C11H11NO6. The first kappa shape index (κ1) is 12.2. The second-order valence-electron chi connectivity index (χ2n) is 3.44. The lowest BCUT2D eigenvalue weighted by molar-refractivity contribution is -0.150. The van der Waals surface area contributed by atoms with E-state index in [9.17, 15) is 9.59 Å². The van der Waals surface area contributed by atoms with Gasteiger partial charge in [-0.25, -0.2) is 14.6 Å². The molecule has 0 saturated carbocycles. The first-order chi connectivity index (χ1) is 8.62. The average Bonchev–Trinajstić information content (AvgIpc) is 2.73. The van der Waals surface area contributed by atoms with Crippen LogP contribution < -0.4 is 9.47 Å². The number of aromatic nitrogens is 1. The van der Waals surface area contributed by atoms with Crippen molar-refractivity contribution in [3.05, 3.63) is 17.3 Å². The van der Waals surface area contributed by atoms with Crippen molar-refractivity contribution in [2.24, 2.45) is 0 Å². The van der Waals surface area contributed by atoms with Crippen molar-refractivity contribution in [1.82, 2.24) is 4.98 Å².